The van der Waals surface area contributed by atoms with Crippen LogP contribution >= 0.6 is 0 Å². The third-order valence-corrected chi connectivity index (χ3v) is 4.30. The Morgan fingerprint density at radius 1 is 0.967 bits per heavy atom. The van der Waals surface area contributed by atoms with Crippen LogP contribution in [0.25, 0.3) is 5.57 Å². The molecule has 0 atom stereocenters. The van der Waals surface area contributed by atoms with Crippen LogP contribution in [0.4, 0.5) is 0 Å². The van der Waals surface area contributed by atoms with Gasteiger partial charge in [-0.2, -0.15) is 0 Å². The number of phenols is 1. The van der Waals surface area contributed by atoms with Crippen LogP contribution in [0.1, 0.15) is 78.5 Å². The summed E-state index contributed by atoms with van der Waals surface area (Å²) in [7, 11) is 0. The Balaban J connectivity index is 0.000000591. The van der Waals surface area contributed by atoms with Crippen LogP contribution in [-0.4, -0.2) is 28.5 Å². The number of amides is 1. The third kappa shape index (κ3) is 9.30. The smallest absolute Gasteiger partial charge is 0.210 e. The predicted octanol–water partition coefficient (Wildman–Crippen LogP) is 7.22. The molecule has 0 radical (unpaired) electrons. The molecule has 1 amide bonds. The van der Waals surface area contributed by atoms with Crippen LogP contribution in [0.3, 0.4) is 0 Å². The Labute approximate surface area is 184 Å². The van der Waals surface area contributed by atoms with Gasteiger partial charge < -0.3 is 10.0 Å². The van der Waals surface area contributed by atoms with E-state index in [-0.39, 0.29) is 0 Å². The minimum Gasteiger partial charge on any atom is -0.507 e. The van der Waals surface area contributed by atoms with Gasteiger partial charge in [0.2, 0.25) is 6.41 Å². The first kappa shape index (κ1) is 27.5. The molecular weight excluding hydrogens is 370 g/mol. The highest BCUT2D eigenvalue weighted by atomic mass is 16.3. The fourth-order valence-electron chi connectivity index (χ4n) is 3.01. The first-order chi connectivity index (χ1) is 14.1. The molecule has 0 spiro atoms. The summed E-state index contributed by atoms with van der Waals surface area (Å²) in [6, 6.07) is 16.5. The molecule has 3 heteroatoms. The molecule has 0 fully saturated rings. The van der Waals surface area contributed by atoms with E-state index in [1.165, 1.54) is 12.0 Å². The largest absolute Gasteiger partial charge is 0.507 e. The van der Waals surface area contributed by atoms with E-state index in [0.717, 1.165) is 28.7 Å². The van der Waals surface area contributed by atoms with Crippen molar-refractivity contribution in [2.45, 2.75) is 80.8 Å². The van der Waals surface area contributed by atoms with Crippen molar-refractivity contribution in [3.8, 4) is 5.75 Å². The fourth-order valence-corrected chi connectivity index (χ4v) is 3.01. The second kappa shape index (κ2) is 14.4. The number of hydrogen-bond acceptors (Lipinski definition) is 2. The second-order valence-electron chi connectivity index (χ2n) is 8.21. The molecule has 0 saturated heterocycles. The zero-order valence-corrected chi connectivity index (χ0v) is 20.4. The number of benzene rings is 2. The molecule has 0 aliphatic rings. The summed E-state index contributed by atoms with van der Waals surface area (Å²) in [5, 5.41) is 10.1. The van der Waals surface area contributed by atoms with Gasteiger partial charge in [-0.25, -0.2) is 0 Å². The van der Waals surface area contributed by atoms with Crippen LogP contribution < -0.4 is 0 Å². The van der Waals surface area contributed by atoms with E-state index in [2.05, 4.69) is 39.8 Å². The topological polar surface area (TPSA) is 40.5 Å². The SMILES string of the molecule is CC(C)=C(c1ccccc1)c1cc(C)ccc1O.CC(C)N(C=O)C(C)C.CCC. The van der Waals surface area contributed by atoms with Gasteiger partial charge in [-0.05, 0) is 71.7 Å². The van der Waals surface area contributed by atoms with Gasteiger partial charge in [0, 0.05) is 17.6 Å². The number of aryl methyl sites for hydroxylation is 1. The van der Waals surface area contributed by atoms with E-state index < -0.39 is 0 Å². The molecule has 2 aromatic rings. The molecule has 0 aliphatic carbocycles. The third-order valence-electron chi connectivity index (χ3n) is 4.30. The van der Waals surface area contributed by atoms with E-state index in [0.29, 0.717) is 17.8 Å². The fraction of sp³-hybridized carbons (Fsp3) is 0.444. The number of phenolic OH excluding ortho intramolecular Hbond substituents is 1. The highest BCUT2D eigenvalue weighted by Gasteiger charge is 2.11. The summed E-state index contributed by atoms with van der Waals surface area (Å²) in [4.78, 5) is 12.1. The molecular formula is C27H41NO2. The van der Waals surface area contributed by atoms with Crippen LogP contribution in [0.5, 0.6) is 5.75 Å². The van der Waals surface area contributed by atoms with Crippen LogP contribution in [0.15, 0.2) is 54.1 Å². The van der Waals surface area contributed by atoms with Crippen molar-refractivity contribution in [1.29, 1.82) is 0 Å². The minimum absolute atomic E-state index is 0.322. The monoisotopic (exact) mass is 411 g/mol. The van der Waals surface area contributed by atoms with Gasteiger partial charge >= 0.3 is 0 Å². The molecule has 0 heterocycles. The van der Waals surface area contributed by atoms with Crippen molar-refractivity contribution in [3.63, 3.8) is 0 Å². The zero-order valence-electron chi connectivity index (χ0n) is 20.4. The Bertz CT molecular complexity index is 765. The summed E-state index contributed by atoms with van der Waals surface area (Å²) in [6.07, 6.45) is 2.15. The molecule has 0 saturated carbocycles. The number of carbonyl (C=O) groups is 1. The lowest BCUT2D eigenvalue weighted by molar-refractivity contribution is -0.121. The average molecular weight is 412 g/mol. The zero-order chi connectivity index (χ0) is 23.3. The Morgan fingerprint density at radius 2 is 1.47 bits per heavy atom. The quantitative estimate of drug-likeness (QED) is 0.528. The van der Waals surface area contributed by atoms with Crippen LogP contribution in [0.2, 0.25) is 0 Å². The van der Waals surface area contributed by atoms with E-state index in [1.807, 2.05) is 65.0 Å². The Hall–Kier alpha value is -2.55. The van der Waals surface area contributed by atoms with Crippen molar-refractivity contribution >= 4 is 12.0 Å². The molecule has 30 heavy (non-hydrogen) atoms. The van der Waals surface area contributed by atoms with Gasteiger partial charge in [-0.1, -0.05) is 67.8 Å². The van der Waals surface area contributed by atoms with E-state index >= 15 is 0 Å². The van der Waals surface area contributed by atoms with Crippen molar-refractivity contribution in [3.05, 3.63) is 70.8 Å². The normalized spacial score (nSPS) is 9.83. The first-order valence-corrected chi connectivity index (χ1v) is 10.9. The summed E-state index contributed by atoms with van der Waals surface area (Å²) in [6.45, 7) is 18.5. The van der Waals surface area contributed by atoms with Gasteiger partial charge in [-0.3, -0.25) is 4.79 Å². The molecule has 0 aliphatic heterocycles. The number of allylic oxidation sites excluding steroid dienone is 1. The minimum atomic E-state index is 0.322. The molecule has 1 N–H and O–H groups in total. The maximum absolute atomic E-state index is 10.3. The standard InChI is InChI=1S/C17H18O.C7H15NO.C3H8/c1-12(2)17(14-7-5-4-6-8-14)15-11-13(3)9-10-16(15)18;1-6(2)8(5-9)7(3)4;1-3-2/h4-11,18H,1-3H3;5-7H,1-4H3;3H2,1-2H3. The molecule has 2 rings (SSSR count). The highest BCUT2D eigenvalue weighted by molar-refractivity contribution is 5.84. The molecule has 2 aromatic carbocycles. The Kier molecular flexibility index (Phi) is 13.2. The van der Waals surface area contributed by atoms with Gasteiger partial charge in [0.05, 0.1) is 0 Å². The number of carbonyl (C=O) groups excluding carboxylic acids is 1. The average Bonchev–Trinajstić information content (AvgIpc) is 2.66. The van der Waals surface area contributed by atoms with Crippen molar-refractivity contribution in [2.75, 3.05) is 0 Å². The number of nitrogens with zero attached hydrogens (tertiary/aromatic N) is 1. The number of rotatable bonds is 5. The molecule has 3 nitrogen and oxygen atoms in total. The lowest BCUT2D eigenvalue weighted by Gasteiger charge is -2.25. The van der Waals surface area contributed by atoms with E-state index in [4.69, 9.17) is 0 Å². The molecule has 0 bridgehead atoms. The lowest BCUT2D eigenvalue weighted by atomic mass is 9.92. The van der Waals surface area contributed by atoms with Crippen molar-refractivity contribution in [1.82, 2.24) is 4.90 Å². The summed E-state index contributed by atoms with van der Waals surface area (Å²) < 4.78 is 0. The summed E-state index contributed by atoms with van der Waals surface area (Å²) in [5.41, 5.74) is 5.50. The molecule has 166 valence electrons. The van der Waals surface area contributed by atoms with Crippen molar-refractivity contribution in [2.24, 2.45) is 0 Å². The van der Waals surface area contributed by atoms with Gasteiger partial charge in [0.15, 0.2) is 0 Å². The predicted molar refractivity (Wildman–Crippen MR) is 131 cm³/mol. The van der Waals surface area contributed by atoms with Crippen molar-refractivity contribution < 1.29 is 9.90 Å². The second-order valence-corrected chi connectivity index (χ2v) is 8.21. The highest BCUT2D eigenvalue weighted by Crippen LogP contribution is 2.33. The number of hydrogen-bond donors (Lipinski definition) is 1. The Morgan fingerprint density at radius 3 is 1.83 bits per heavy atom. The first-order valence-electron chi connectivity index (χ1n) is 10.9. The maximum atomic E-state index is 10.3. The van der Waals surface area contributed by atoms with Crippen LogP contribution in [-0.2, 0) is 4.79 Å². The maximum Gasteiger partial charge on any atom is 0.210 e. The van der Waals surface area contributed by atoms with Gasteiger partial charge in [0.25, 0.3) is 0 Å². The lowest BCUT2D eigenvalue weighted by Crippen LogP contribution is -2.35. The van der Waals surface area contributed by atoms with Gasteiger partial charge in [-0.15, -0.1) is 0 Å². The molecule has 0 aromatic heterocycles. The van der Waals surface area contributed by atoms with Crippen LogP contribution in [0, 0.1) is 6.92 Å². The van der Waals surface area contributed by atoms with E-state index in [9.17, 15) is 9.90 Å². The summed E-state index contributed by atoms with van der Waals surface area (Å²) in [5.74, 6) is 0.334. The van der Waals surface area contributed by atoms with E-state index in [1.54, 1.807) is 11.0 Å². The summed E-state index contributed by atoms with van der Waals surface area (Å²) >= 11 is 0. The molecule has 0 unspecified atom stereocenters. The number of aromatic hydroxyl groups is 1. The van der Waals surface area contributed by atoms with Gasteiger partial charge in [0.1, 0.15) is 5.75 Å².